The van der Waals surface area contributed by atoms with Gasteiger partial charge in [-0.3, -0.25) is 0 Å². The summed E-state index contributed by atoms with van der Waals surface area (Å²) in [6, 6.07) is 6.42. The third-order valence-electron chi connectivity index (χ3n) is 2.11. The SMILES string of the molecule is CC1=Cc2c(C)cccc2[CH]1.[Cl][Ti][Cl]. The standard InChI is InChI=1S/C11H11.2ClH.Ti/c1-8-6-10-5-3-4-9(2)11(10)7-8;;;/h3-7H,1-2H3;2*1H;/q;;;+2/p-2. The zero-order valence-electron chi connectivity index (χ0n) is 8.14. The number of hydrogen-bond acceptors (Lipinski definition) is 0. The predicted octanol–water partition coefficient (Wildman–Crippen LogP) is 4.34. The van der Waals surface area contributed by atoms with Crippen molar-refractivity contribution >= 4 is 24.7 Å². The number of benzene rings is 1. The van der Waals surface area contributed by atoms with Crippen LogP contribution < -0.4 is 0 Å². The molecule has 0 heterocycles. The molecule has 0 aliphatic heterocycles. The molecule has 0 fully saturated rings. The van der Waals surface area contributed by atoms with E-state index >= 15 is 0 Å². The van der Waals surface area contributed by atoms with Gasteiger partial charge in [-0.2, -0.15) is 0 Å². The number of halogens is 2. The van der Waals surface area contributed by atoms with Gasteiger partial charge in [-0.15, -0.1) is 0 Å². The quantitative estimate of drug-likeness (QED) is 0.610. The molecule has 0 atom stereocenters. The van der Waals surface area contributed by atoms with E-state index in [9.17, 15) is 0 Å². The summed E-state index contributed by atoms with van der Waals surface area (Å²) in [6.07, 6.45) is 4.47. The Bertz CT molecular complexity index is 345. The van der Waals surface area contributed by atoms with E-state index in [0.29, 0.717) is 0 Å². The van der Waals surface area contributed by atoms with E-state index in [-0.39, 0.29) is 0 Å². The Kier molecular flexibility index (Phi) is 5.26. The molecule has 1 radical (unpaired) electrons. The maximum atomic E-state index is 4.89. The first-order valence-corrected chi connectivity index (χ1v) is 8.57. The van der Waals surface area contributed by atoms with Crippen molar-refractivity contribution in [1.82, 2.24) is 0 Å². The second-order valence-electron chi connectivity index (χ2n) is 3.18. The van der Waals surface area contributed by atoms with E-state index in [2.05, 4.69) is 44.5 Å². The van der Waals surface area contributed by atoms with Crippen molar-refractivity contribution in [3.63, 3.8) is 0 Å². The van der Waals surface area contributed by atoms with Crippen LogP contribution in [0.3, 0.4) is 0 Å². The van der Waals surface area contributed by atoms with Gasteiger partial charge in [0.1, 0.15) is 0 Å². The Morgan fingerprint density at radius 1 is 1.14 bits per heavy atom. The Morgan fingerprint density at radius 3 is 2.36 bits per heavy atom. The summed E-state index contributed by atoms with van der Waals surface area (Å²) < 4.78 is 0. The summed E-state index contributed by atoms with van der Waals surface area (Å²) in [6.45, 7) is 4.29. The Balaban J connectivity index is 0.000000293. The Hall–Kier alpha value is 0.254. The van der Waals surface area contributed by atoms with Crippen LogP contribution in [-0.4, -0.2) is 0 Å². The van der Waals surface area contributed by atoms with Crippen LogP contribution >= 0.6 is 18.6 Å². The summed E-state index contributed by atoms with van der Waals surface area (Å²) in [7, 11) is 9.78. The fourth-order valence-electron chi connectivity index (χ4n) is 1.54. The van der Waals surface area contributed by atoms with Gasteiger partial charge < -0.3 is 0 Å². The average Bonchev–Trinajstić information content (AvgIpc) is 2.48. The molecule has 0 amide bonds. The molecule has 0 spiro atoms. The Labute approximate surface area is 102 Å². The number of hydrogen-bond donors (Lipinski definition) is 0. The number of allylic oxidation sites excluding steroid dienone is 1. The van der Waals surface area contributed by atoms with Gasteiger partial charge in [-0.1, -0.05) is 29.8 Å². The van der Waals surface area contributed by atoms with Crippen LogP contribution in [0.2, 0.25) is 0 Å². The summed E-state index contributed by atoms with van der Waals surface area (Å²) in [5.41, 5.74) is 5.48. The van der Waals surface area contributed by atoms with Gasteiger partial charge in [0.2, 0.25) is 0 Å². The zero-order chi connectivity index (χ0) is 10.6. The minimum absolute atomic E-state index is 0.556. The van der Waals surface area contributed by atoms with Crippen LogP contribution in [0.1, 0.15) is 23.6 Å². The molecular weight excluding hydrogens is 251 g/mol. The monoisotopic (exact) mass is 261 g/mol. The molecule has 73 valence electrons. The first-order chi connectivity index (χ1) is 6.69. The molecule has 0 N–H and O–H groups in total. The van der Waals surface area contributed by atoms with Crippen LogP contribution in [0.15, 0.2) is 23.8 Å². The molecule has 0 aromatic heterocycles. The topological polar surface area (TPSA) is 0 Å². The van der Waals surface area contributed by atoms with Gasteiger partial charge in [0.15, 0.2) is 0 Å². The van der Waals surface area contributed by atoms with Gasteiger partial charge in [0.05, 0.1) is 0 Å². The molecule has 1 aromatic carbocycles. The van der Waals surface area contributed by atoms with Crippen molar-refractivity contribution in [2.24, 2.45) is 0 Å². The van der Waals surface area contributed by atoms with Crippen LogP contribution in [-0.2, 0) is 17.0 Å². The third-order valence-corrected chi connectivity index (χ3v) is 2.11. The van der Waals surface area contributed by atoms with Gasteiger partial charge in [0.25, 0.3) is 0 Å². The van der Waals surface area contributed by atoms with Gasteiger partial charge in [-0.25, -0.2) is 0 Å². The number of aryl methyl sites for hydroxylation is 1. The average molecular weight is 262 g/mol. The molecule has 14 heavy (non-hydrogen) atoms. The molecule has 0 saturated carbocycles. The fraction of sp³-hybridized carbons (Fsp3) is 0.182. The van der Waals surface area contributed by atoms with Crippen LogP contribution in [0.4, 0.5) is 0 Å². The van der Waals surface area contributed by atoms with E-state index in [1.54, 1.807) is 0 Å². The molecule has 1 aliphatic carbocycles. The van der Waals surface area contributed by atoms with Crippen molar-refractivity contribution in [2.45, 2.75) is 13.8 Å². The van der Waals surface area contributed by atoms with Gasteiger partial charge in [0, 0.05) is 6.42 Å². The second kappa shape index (κ2) is 5.97. The molecule has 0 bridgehead atoms. The molecule has 0 nitrogen and oxygen atoms in total. The van der Waals surface area contributed by atoms with Gasteiger partial charge >= 0.3 is 35.6 Å². The van der Waals surface area contributed by atoms with E-state index in [1.807, 2.05) is 0 Å². The van der Waals surface area contributed by atoms with Gasteiger partial charge in [-0.05, 0) is 30.5 Å². The molecule has 2 rings (SSSR count). The Morgan fingerprint density at radius 2 is 1.79 bits per heavy atom. The first-order valence-electron chi connectivity index (χ1n) is 4.28. The molecule has 0 unspecified atom stereocenters. The zero-order valence-corrected chi connectivity index (χ0v) is 11.2. The molecule has 1 aliphatic rings. The number of rotatable bonds is 0. The normalized spacial score (nSPS) is 12.4. The van der Waals surface area contributed by atoms with Crippen molar-refractivity contribution < 1.29 is 17.0 Å². The van der Waals surface area contributed by atoms with Crippen molar-refractivity contribution in [3.05, 3.63) is 46.9 Å². The molecular formula is C11H11Cl2Ti. The predicted molar refractivity (Wildman–Crippen MR) is 59.9 cm³/mol. The molecule has 1 aromatic rings. The number of fused-ring (bicyclic) bond motifs is 1. The van der Waals surface area contributed by atoms with Crippen molar-refractivity contribution in [2.75, 3.05) is 0 Å². The first kappa shape index (κ1) is 12.3. The van der Waals surface area contributed by atoms with Crippen LogP contribution in [0.25, 0.3) is 6.08 Å². The van der Waals surface area contributed by atoms with E-state index < -0.39 is 17.0 Å². The van der Waals surface area contributed by atoms with E-state index in [1.165, 1.54) is 22.3 Å². The summed E-state index contributed by atoms with van der Waals surface area (Å²) in [4.78, 5) is 0. The molecule has 0 saturated heterocycles. The van der Waals surface area contributed by atoms with Crippen LogP contribution in [0.5, 0.6) is 0 Å². The van der Waals surface area contributed by atoms with Crippen molar-refractivity contribution in [1.29, 1.82) is 0 Å². The minimum atomic E-state index is -0.556. The second-order valence-corrected chi connectivity index (χ2v) is 5.76. The van der Waals surface area contributed by atoms with Crippen LogP contribution in [0, 0.1) is 13.3 Å². The fourth-order valence-corrected chi connectivity index (χ4v) is 1.54. The summed E-state index contributed by atoms with van der Waals surface area (Å²) >= 11 is -0.556. The van der Waals surface area contributed by atoms with E-state index in [0.717, 1.165) is 0 Å². The third kappa shape index (κ3) is 3.13. The maximum absolute atomic E-state index is 4.89. The van der Waals surface area contributed by atoms with Crippen molar-refractivity contribution in [3.8, 4) is 0 Å². The summed E-state index contributed by atoms with van der Waals surface area (Å²) in [5.74, 6) is 0. The molecule has 3 heteroatoms. The van der Waals surface area contributed by atoms with E-state index in [4.69, 9.17) is 18.6 Å². The summed E-state index contributed by atoms with van der Waals surface area (Å²) in [5, 5.41) is 0.